The maximum Gasteiger partial charge on any atom is 0.341 e. The van der Waals surface area contributed by atoms with Crippen LogP contribution in [0.5, 0.6) is 5.75 Å². The monoisotopic (exact) mass is 444 g/mol. The van der Waals surface area contributed by atoms with Gasteiger partial charge in [-0.15, -0.1) is 11.6 Å². The molecule has 2 fully saturated rings. The number of rotatable bonds is 4. The zero-order valence-corrected chi connectivity index (χ0v) is 18.5. The van der Waals surface area contributed by atoms with Crippen molar-refractivity contribution in [2.75, 3.05) is 24.8 Å². The predicted octanol–water partition coefficient (Wildman–Crippen LogP) is 3.41. The molecule has 31 heavy (non-hydrogen) atoms. The predicted molar refractivity (Wildman–Crippen MR) is 117 cm³/mol. The lowest BCUT2D eigenvalue weighted by molar-refractivity contribution is -0.120. The molecule has 0 radical (unpaired) electrons. The van der Waals surface area contributed by atoms with Crippen LogP contribution in [0.3, 0.4) is 0 Å². The van der Waals surface area contributed by atoms with E-state index < -0.39 is 11.4 Å². The highest BCUT2D eigenvalue weighted by Gasteiger charge is 2.50. The summed E-state index contributed by atoms with van der Waals surface area (Å²) in [5, 5.41) is 11.4. The first-order valence-corrected chi connectivity index (χ1v) is 10.8. The number of carboxylic acid groups (broad SMARTS) is 1. The second-order valence-corrected chi connectivity index (χ2v) is 10.3. The smallest absolute Gasteiger partial charge is 0.341 e. The van der Waals surface area contributed by atoms with Crippen molar-refractivity contribution in [1.82, 2.24) is 4.68 Å². The Morgan fingerprint density at radius 3 is 2.68 bits per heavy atom. The number of aromatic nitrogens is 1. The van der Waals surface area contributed by atoms with E-state index in [-0.39, 0.29) is 27.9 Å². The van der Waals surface area contributed by atoms with E-state index in [4.69, 9.17) is 21.1 Å². The number of fused-ring (bicyclic) bond motifs is 6. The molecule has 8 heteroatoms. The minimum atomic E-state index is -1.24. The highest BCUT2D eigenvalue weighted by Crippen LogP contribution is 2.50. The van der Waals surface area contributed by atoms with Crippen molar-refractivity contribution in [3.63, 3.8) is 0 Å². The third-order valence-corrected chi connectivity index (χ3v) is 6.91. The maximum absolute atomic E-state index is 12.5. The number of benzene rings is 1. The Bertz CT molecular complexity index is 1140. The van der Waals surface area contributed by atoms with Crippen LogP contribution >= 0.6 is 11.6 Å². The van der Waals surface area contributed by atoms with Gasteiger partial charge in [0.2, 0.25) is 0 Å². The number of ether oxygens (including phenoxy) is 2. The molecule has 2 atom stereocenters. The summed E-state index contributed by atoms with van der Waals surface area (Å²) in [5.74, 6) is -0.488. The Morgan fingerprint density at radius 1 is 1.29 bits per heavy atom. The summed E-state index contributed by atoms with van der Waals surface area (Å²) in [7, 11) is 0. The molecule has 0 spiro atoms. The topological polar surface area (TPSA) is 81.0 Å². The fourth-order valence-electron chi connectivity index (χ4n) is 4.93. The van der Waals surface area contributed by atoms with Crippen molar-refractivity contribution < 1.29 is 19.4 Å². The van der Waals surface area contributed by atoms with Gasteiger partial charge in [0.25, 0.3) is 0 Å². The molecule has 3 aliphatic heterocycles. The molecule has 0 saturated carbocycles. The van der Waals surface area contributed by atoms with E-state index >= 15 is 0 Å². The molecular weight excluding hydrogens is 420 g/mol. The molecule has 1 N–H and O–H groups in total. The van der Waals surface area contributed by atoms with Crippen molar-refractivity contribution in [3.05, 3.63) is 51.8 Å². The average molecular weight is 445 g/mol. The van der Waals surface area contributed by atoms with Crippen LogP contribution in [-0.2, 0) is 4.74 Å². The van der Waals surface area contributed by atoms with Crippen molar-refractivity contribution in [2.45, 2.75) is 44.1 Å². The van der Waals surface area contributed by atoms with Gasteiger partial charge in [0.05, 0.1) is 42.5 Å². The number of carboxylic acids is 1. The summed E-state index contributed by atoms with van der Waals surface area (Å²) in [5.41, 5.74) is 1.44. The quantitative estimate of drug-likeness (QED) is 0.728. The van der Waals surface area contributed by atoms with Crippen LogP contribution in [0, 0.1) is 5.41 Å². The first-order valence-electron chi connectivity index (χ1n) is 10.4. The molecule has 4 heterocycles. The Hall–Kier alpha value is -2.51. The molecule has 164 valence electrons. The van der Waals surface area contributed by atoms with E-state index in [1.165, 1.54) is 12.3 Å². The second-order valence-electron chi connectivity index (χ2n) is 9.75. The summed E-state index contributed by atoms with van der Waals surface area (Å²) in [6, 6.07) is 7.06. The van der Waals surface area contributed by atoms with Crippen LogP contribution in [0.4, 0.5) is 0 Å². The second kappa shape index (κ2) is 6.74. The highest BCUT2D eigenvalue weighted by atomic mass is 35.5. The van der Waals surface area contributed by atoms with Gasteiger partial charge in [0, 0.05) is 23.2 Å². The molecule has 2 aromatic rings. The van der Waals surface area contributed by atoms with Gasteiger partial charge in [-0.3, -0.25) is 14.5 Å². The van der Waals surface area contributed by atoms with E-state index in [1.807, 2.05) is 18.2 Å². The molecule has 1 aromatic heterocycles. The van der Waals surface area contributed by atoms with Gasteiger partial charge >= 0.3 is 5.97 Å². The molecule has 5 rings (SSSR count). The Morgan fingerprint density at radius 2 is 2.03 bits per heavy atom. The van der Waals surface area contributed by atoms with E-state index in [0.29, 0.717) is 31.9 Å². The van der Waals surface area contributed by atoms with Crippen LogP contribution in [0.1, 0.15) is 49.2 Å². The number of alkyl halides is 1. The van der Waals surface area contributed by atoms with Crippen LogP contribution < -0.4 is 15.2 Å². The summed E-state index contributed by atoms with van der Waals surface area (Å²) < 4.78 is 13.2. The third-order valence-electron chi connectivity index (χ3n) is 6.52. The Balaban J connectivity index is 1.64. The molecule has 1 aromatic carbocycles. The van der Waals surface area contributed by atoms with Gasteiger partial charge in [-0.25, -0.2) is 4.79 Å². The van der Waals surface area contributed by atoms with Gasteiger partial charge in [-0.2, -0.15) is 0 Å². The molecule has 7 nitrogen and oxygen atoms in total. The zero-order chi connectivity index (χ0) is 22.1. The maximum atomic E-state index is 12.5. The summed E-state index contributed by atoms with van der Waals surface area (Å²) >= 11 is 6.84. The fourth-order valence-corrected chi connectivity index (χ4v) is 5.55. The van der Waals surface area contributed by atoms with Gasteiger partial charge in [0.1, 0.15) is 11.3 Å². The van der Waals surface area contributed by atoms with E-state index in [0.717, 1.165) is 16.9 Å². The number of hydrogen-bond donors (Lipinski definition) is 1. The van der Waals surface area contributed by atoms with Crippen molar-refractivity contribution >= 4 is 17.6 Å². The minimum absolute atomic E-state index is 0.0272. The van der Waals surface area contributed by atoms with Crippen LogP contribution in [0.2, 0.25) is 0 Å². The number of hydrogen-bond acceptors (Lipinski definition) is 5. The lowest BCUT2D eigenvalue weighted by Crippen LogP contribution is -2.50. The van der Waals surface area contributed by atoms with Gasteiger partial charge in [0.15, 0.2) is 5.43 Å². The molecule has 0 bridgehead atoms. The van der Waals surface area contributed by atoms with Crippen LogP contribution in [0.15, 0.2) is 35.3 Å². The third kappa shape index (κ3) is 3.13. The van der Waals surface area contributed by atoms with E-state index in [2.05, 4.69) is 25.8 Å². The molecule has 0 aliphatic carbocycles. The first kappa shape index (κ1) is 20.4. The number of halogens is 1. The fraction of sp³-hybridized carbons (Fsp3) is 0.478. The Kier molecular flexibility index (Phi) is 4.44. The minimum Gasteiger partial charge on any atom is -0.493 e. The highest BCUT2D eigenvalue weighted by molar-refractivity contribution is 6.21. The van der Waals surface area contributed by atoms with Crippen molar-refractivity contribution in [2.24, 2.45) is 5.41 Å². The molecule has 0 amide bonds. The van der Waals surface area contributed by atoms with Crippen molar-refractivity contribution in [3.8, 4) is 17.0 Å². The molecule has 2 saturated heterocycles. The van der Waals surface area contributed by atoms with Gasteiger partial charge < -0.3 is 14.6 Å². The van der Waals surface area contributed by atoms with Crippen molar-refractivity contribution in [1.29, 1.82) is 0 Å². The number of nitrogens with zero attached hydrogens (tertiary/aromatic N) is 2. The molecular formula is C23H25ClN2O5. The van der Waals surface area contributed by atoms with E-state index in [1.54, 1.807) is 4.68 Å². The molecule has 1 unspecified atom stereocenters. The lowest BCUT2D eigenvalue weighted by Gasteiger charge is -2.44. The largest absolute Gasteiger partial charge is 0.493 e. The normalized spacial score (nSPS) is 24.6. The summed E-state index contributed by atoms with van der Waals surface area (Å²) in [6.07, 6.45) is 2.14. The SMILES string of the molecule is CC1(COc2ccc3c(c2)[C@@H]2C(Cl)CC(C)(C)N2n2cc(C(=O)O)c(=O)cc2-3)COC1. The first-order chi connectivity index (χ1) is 14.6. The van der Waals surface area contributed by atoms with Gasteiger partial charge in [-0.05, 0) is 44.0 Å². The zero-order valence-electron chi connectivity index (χ0n) is 17.7. The lowest BCUT2D eigenvalue weighted by atomic mass is 9.90. The molecule has 3 aliphatic rings. The average Bonchev–Trinajstić information content (AvgIpc) is 2.93. The number of carbonyl (C=O) groups is 1. The Labute approximate surface area is 185 Å². The van der Waals surface area contributed by atoms with Crippen LogP contribution in [-0.4, -0.2) is 46.5 Å². The van der Waals surface area contributed by atoms with Crippen LogP contribution in [0.25, 0.3) is 11.3 Å². The number of aromatic carboxylic acids is 1. The summed E-state index contributed by atoms with van der Waals surface area (Å²) in [6.45, 7) is 8.23. The standard InChI is InChI=1S/C23H25ClN2O5/c1-22(2)8-17(24)20-15-6-13(31-12-23(3)10-30-11-23)4-5-14(15)18-7-19(27)16(21(28)29)9-25(18)26(20)22/h4-7,9,17,20H,8,10-12H2,1-3H3,(H,28,29)/t17?,20-/m1/s1. The number of pyridine rings is 1. The summed E-state index contributed by atoms with van der Waals surface area (Å²) in [4.78, 5) is 24.1. The van der Waals surface area contributed by atoms with Gasteiger partial charge in [-0.1, -0.05) is 6.92 Å². The van der Waals surface area contributed by atoms with E-state index in [9.17, 15) is 14.7 Å².